The lowest BCUT2D eigenvalue weighted by atomic mass is 10.0. The molecule has 0 spiro atoms. The van der Waals surface area contributed by atoms with Crippen molar-refractivity contribution in [1.82, 2.24) is 0 Å². The van der Waals surface area contributed by atoms with E-state index in [0.717, 1.165) is 33.7 Å². The van der Waals surface area contributed by atoms with Gasteiger partial charge < -0.3 is 4.84 Å². The summed E-state index contributed by atoms with van der Waals surface area (Å²) >= 11 is 1.77. The molecule has 4 rings (SSSR count). The first kappa shape index (κ1) is 18.4. The van der Waals surface area contributed by atoms with Gasteiger partial charge in [-0.3, -0.25) is 0 Å². The Balaban J connectivity index is 1.97. The number of hydrogen-bond donors (Lipinski definition) is 0. The molecule has 0 aliphatic heterocycles. The van der Waals surface area contributed by atoms with Gasteiger partial charge in [0.05, 0.1) is 5.56 Å². The number of aryl methyl sites for hydroxylation is 2. The maximum absolute atomic E-state index is 12.4. The van der Waals surface area contributed by atoms with Gasteiger partial charge in [-0.2, -0.15) is 0 Å². The molecule has 0 aliphatic carbocycles. The van der Waals surface area contributed by atoms with Crippen LogP contribution in [0.4, 0.5) is 0 Å². The molecule has 0 bridgehead atoms. The Hall–Kier alpha value is -2.98. The molecule has 0 N–H and O–H groups in total. The third kappa shape index (κ3) is 3.43. The second kappa shape index (κ2) is 7.95. The maximum Gasteiger partial charge on any atom is 0.365 e. The molecule has 0 saturated heterocycles. The van der Waals surface area contributed by atoms with Crippen molar-refractivity contribution < 1.29 is 9.63 Å². The van der Waals surface area contributed by atoms with E-state index in [4.69, 9.17) is 4.84 Å². The predicted octanol–water partition coefficient (Wildman–Crippen LogP) is 5.85. The molecule has 0 fully saturated rings. The van der Waals surface area contributed by atoms with Crippen LogP contribution in [-0.4, -0.2) is 5.97 Å². The molecule has 0 saturated carbocycles. The minimum Gasteiger partial charge on any atom is -0.312 e. The summed E-state index contributed by atoms with van der Waals surface area (Å²) in [5, 5.41) is 7.11. The molecule has 3 aromatic carbocycles. The Labute approximate surface area is 167 Å². The van der Waals surface area contributed by atoms with Crippen molar-refractivity contribution in [1.29, 1.82) is 0 Å². The fraction of sp³-hybridized carbons (Fsp3) is 0.167. The quantitative estimate of drug-likeness (QED) is 0.250. The standard InChI is InChI=1S/C24H21NO2S/c1-3-16-14-17(4-2)23-20(15-16)22(19-12-8-9-13-21(19)28-23)25-27-24(26)18-10-6-5-7-11-18/h5-15H,3-4H2,1-2H3. The molecule has 28 heavy (non-hydrogen) atoms. The maximum atomic E-state index is 12.4. The molecule has 1 aromatic heterocycles. The first-order valence-electron chi connectivity index (χ1n) is 9.49. The molecule has 0 radical (unpaired) electrons. The van der Waals surface area contributed by atoms with E-state index >= 15 is 0 Å². The van der Waals surface area contributed by atoms with E-state index < -0.39 is 5.97 Å². The van der Waals surface area contributed by atoms with Gasteiger partial charge in [0.15, 0.2) is 0 Å². The Bertz CT molecular complexity index is 1230. The summed E-state index contributed by atoms with van der Waals surface area (Å²) in [7, 11) is 0. The molecular formula is C24H21NO2S. The van der Waals surface area contributed by atoms with Gasteiger partial charge >= 0.3 is 5.97 Å². The zero-order valence-electron chi connectivity index (χ0n) is 15.9. The van der Waals surface area contributed by atoms with E-state index in [1.807, 2.05) is 36.4 Å². The second-order valence-electron chi connectivity index (χ2n) is 6.62. The Morgan fingerprint density at radius 2 is 1.68 bits per heavy atom. The summed E-state index contributed by atoms with van der Waals surface area (Å²) in [5.74, 6) is -0.451. The highest BCUT2D eigenvalue weighted by molar-refractivity contribution is 7.24. The van der Waals surface area contributed by atoms with Gasteiger partial charge in [-0.15, -0.1) is 11.3 Å². The van der Waals surface area contributed by atoms with E-state index in [-0.39, 0.29) is 0 Å². The molecule has 4 heteroatoms. The van der Waals surface area contributed by atoms with Crippen LogP contribution in [0, 0.1) is 0 Å². The average Bonchev–Trinajstić information content (AvgIpc) is 2.76. The summed E-state index contributed by atoms with van der Waals surface area (Å²) < 4.78 is 2.33. The number of rotatable bonds is 4. The molecule has 0 amide bonds. The van der Waals surface area contributed by atoms with E-state index in [9.17, 15) is 4.79 Å². The van der Waals surface area contributed by atoms with Crippen LogP contribution in [0.3, 0.4) is 0 Å². The number of fused-ring (bicyclic) bond motifs is 2. The van der Waals surface area contributed by atoms with Crippen LogP contribution in [0.1, 0.15) is 35.3 Å². The number of hydrogen-bond acceptors (Lipinski definition) is 4. The third-order valence-corrected chi connectivity index (χ3v) is 6.12. The number of carbonyl (C=O) groups is 1. The van der Waals surface area contributed by atoms with Crippen molar-refractivity contribution in [3.05, 3.63) is 88.8 Å². The van der Waals surface area contributed by atoms with Crippen molar-refractivity contribution >= 4 is 37.5 Å². The smallest absolute Gasteiger partial charge is 0.312 e. The third-order valence-electron chi connectivity index (χ3n) is 4.85. The highest BCUT2D eigenvalue weighted by atomic mass is 32.1. The largest absolute Gasteiger partial charge is 0.365 e. The first-order valence-corrected chi connectivity index (χ1v) is 10.3. The van der Waals surface area contributed by atoms with Crippen LogP contribution in [0.15, 0.2) is 71.9 Å². The SMILES string of the molecule is CCc1cc(CC)c2sc3ccccc3c(=NOC(=O)c3ccccc3)c2c1. The monoisotopic (exact) mass is 387 g/mol. The van der Waals surface area contributed by atoms with Crippen molar-refractivity contribution in [3.63, 3.8) is 0 Å². The molecule has 4 aromatic rings. The van der Waals surface area contributed by atoms with E-state index in [0.29, 0.717) is 5.56 Å². The lowest BCUT2D eigenvalue weighted by molar-refractivity contribution is 0.0499. The summed E-state index contributed by atoms with van der Waals surface area (Å²) in [6.07, 6.45) is 1.89. The van der Waals surface area contributed by atoms with Gasteiger partial charge in [-0.25, -0.2) is 4.79 Å². The van der Waals surface area contributed by atoms with Crippen LogP contribution in [0.5, 0.6) is 0 Å². The van der Waals surface area contributed by atoms with Crippen LogP contribution < -0.4 is 5.36 Å². The van der Waals surface area contributed by atoms with Gasteiger partial charge in [0.2, 0.25) is 0 Å². The van der Waals surface area contributed by atoms with Crippen molar-refractivity contribution in [3.8, 4) is 0 Å². The molecule has 0 unspecified atom stereocenters. The van der Waals surface area contributed by atoms with Gasteiger partial charge in [0.25, 0.3) is 0 Å². The van der Waals surface area contributed by atoms with Gasteiger partial charge in [0, 0.05) is 20.2 Å². The fourth-order valence-electron chi connectivity index (χ4n) is 3.34. The lowest BCUT2D eigenvalue weighted by Crippen LogP contribution is -2.10. The van der Waals surface area contributed by atoms with Crippen molar-refractivity contribution in [2.45, 2.75) is 26.7 Å². The number of nitrogens with zero attached hydrogens (tertiary/aromatic N) is 1. The van der Waals surface area contributed by atoms with Crippen LogP contribution in [0.2, 0.25) is 0 Å². The summed E-state index contributed by atoms with van der Waals surface area (Å²) in [6, 6.07) is 21.5. The van der Waals surface area contributed by atoms with Crippen molar-refractivity contribution in [2.75, 3.05) is 0 Å². The van der Waals surface area contributed by atoms with Crippen LogP contribution in [0.25, 0.3) is 20.2 Å². The van der Waals surface area contributed by atoms with Crippen LogP contribution >= 0.6 is 11.3 Å². The van der Waals surface area contributed by atoms with Gasteiger partial charge in [-0.1, -0.05) is 61.5 Å². The summed E-state index contributed by atoms with van der Waals surface area (Å²) in [4.78, 5) is 17.8. The normalized spacial score (nSPS) is 11.9. The van der Waals surface area contributed by atoms with Gasteiger partial charge in [0.1, 0.15) is 5.36 Å². The highest BCUT2D eigenvalue weighted by Crippen LogP contribution is 2.29. The first-order chi connectivity index (χ1) is 13.7. The van der Waals surface area contributed by atoms with Gasteiger partial charge in [-0.05, 0) is 48.2 Å². The molecule has 3 nitrogen and oxygen atoms in total. The zero-order valence-corrected chi connectivity index (χ0v) is 16.8. The fourth-order valence-corrected chi connectivity index (χ4v) is 4.58. The Kier molecular flexibility index (Phi) is 5.22. The minimum atomic E-state index is -0.451. The van der Waals surface area contributed by atoms with Crippen molar-refractivity contribution in [2.24, 2.45) is 5.16 Å². The Morgan fingerprint density at radius 3 is 2.43 bits per heavy atom. The zero-order chi connectivity index (χ0) is 19.5. The summed E-state index contributed by atoms with van der Waals surface area (Å²) in [5.41, 5.74) is 3.05. The second-order valence-corrected chi connectivity index (χ2v) is 7.67. The van der Waals surface area contributed by atoms with E-state index in [2.05, 4.69) is 37.2 Å². The average molecular weight is 388 g/mol. The summed E-state index contributed by atoms with van der Waals surface area (Å²) in [6.45, 7) is 4.32. The molecule has 0 atom stereocenters. The highest BCUT2D eigenvalue weighted by Gasteiger charge is 2.11. The number of benzene rings is 3. The molecule has 140 valence electrons. The number of carbonyl (C=O) groups excluding carboxylic acids is 1. The molecule has 1 heterocycles. The van der Waals surface area contributed by atoms with E-state index in [1.54, 1.807) is 23.5 Å². The predicted molar refractivity (Wildman–Crippen MR) is 116 cm³/mol. The van der Waals surface area contributed by atoms with Crippen LogP contribution in [-0.2, 0) is 17.7 Å². The van der Waals surface area contributed by atoms with E-state index in [1.165, 1.54) is 15.8 Å². The molecule has 0 aliphatic rings. The minimum absolute atomic E-state index is 0.451. The topological polar surface area (TPSA) is 38.7 Å². The lowest BCUT2D eigenvalue weighted by Gasteiger charge is -2.10. The molecular weight excluding hydrogens is 366 g/mol. The Morgan fingerprint density at radius 1 is 0.929 bits per heavy atom.